The number of nitrogens with one attached hydrogen (secondary N) is 1. The van der Waals surface area contributed by atoms with E-state index in [1.165, 1.54) is 11.8 Å². The third-order valence-electron chi connectivity index (χ3n) is 4.98. The number of ether oxygens (including phenoxy) is 1. The average molecular weight is 405 g/mol. The van der Waals surface area contributed by atoms with Gasteiger partial charge in [0.15, 0.2) is 6.10 Å². The molecule has 0 aromatic heterocycles. The standard InChI is InChI=1S/C19H23N3O5S/c1-11(2)15(16(24)21-18(20)26)27-17(25)13-10-28-19(9-8-14(23)22(13)19)12-6-4-3-5-7-12/h3-7,11,13,15H,8-10H2,1-2H3,(H3,20,21,24,26)/t13-,15-,19+/m0/s1. The molecule has 2 saturated heterocycles. The van der Waals surface area contributed by atoms with E-state index in [1.807, 2.05) is 35.6 Å². The van der Waals surface area contributed by atoms with Crippen LogP contribution in [0.25, 0.3) is 0 Å². The van der Waals surface area contributed by atoms with Crippen LogP contribution in [0.5, 0.6) is 0 Å². The molecular formula is C19H23N3O5S. The van der Waals surface area contributed by atoms with Crippen molar-refractivity contribution in [1.29, 1.82) is 0 Å². The lowest BCUT2D eigenvalue weighted by Gasteiger charge is -2.34. The van der Waals surface area contributed by atoms with Crippen molar-refractivity contribution in [2.75, 3.05) is 5.75 Å². The van der Waals surface area contributed by atoms with E-state index in [2.05, 4.69) is 0 Å². The number of thioether (sulfide) groups is 1. The first-order valence-corrected chi connectivity index (χ1v) is 10.1. The Balaban J connectivity index is 1.82. The van der Waals surface area contributed by atoms with E-state index in [-0.39, 0.29) is 11.8 Å². The van der Waals surface area contributed by atoms with E-state index in [0.29, 0.717) is 18.6 Å². The SMILES string of the molecule is CC(C)[C@H](OC(=O)[C@@H]1CS[C@@]2(c3ccccc3)CCC(=O)N12)C(=O)NC(N)=O. The average Bonchev–Trinajstić information content (AvgIpc) is 3.19. The Morgan fingerprint density at radius 3 is 2.57 bits per heavy atom. The smallest absolute Gasteiger partial charge is 0.330 e. The normalized spacial score (nSPS) is 24.8. The fraction of sp³-hybridized carbons (Fsp3) is 0.474. The van der Waals surface area contributed by atoms with Gasteiger partial charge in [-0.05, 0) is 17.9 Å². The van der Waals surface area contributed by atoms with Crippen LogP contribution >= 0.6 is 11.8 Å². The van der Waals surface area contributed by atoms with E-state index < -0.39 is 34.9 Å². The van der Waals surface area contributed by atoms with Crippen molar-refractivity contribution in [3.63, 3.8) is 0 Å². The fourth-order valence-electron chi connectivity index (χ4n) is 3.70. The first-order valence-electron chi connectivity index (χ1n) is 9.08. The molecule has 3 N–H and O–H groups in total. The Labute approximate surface area is 167 Å². The largest absolute Gasteiger partial charge is 0.450 e. The van der Waals surface area contributed by atoms with Crippen LogP contribution in [0.3, 0.4) is 0 Å². The summed E-state index contributed by atoms with van der Waals surface area (Å²) < 4.78 is 5.43. The van der Waals surface area contributed by atoms with Gasteiger partial charge in [-0.1, -0.05) is 44.2 Å². The van der Waals surface area contributed by atoms with Crippen molar-refractivity contribution < 1.29 is 23.9 Å². The van der Waals surface area contributed by atoms with E-state index in [0.717, 1.165) is 5.56 Å². The summed E-state index contributed by atoms with van der Waals surface area (Å²) in [5.41, 5.74) is 5.95. The summed E-state index contributed by atoms with van der Waals surface area (Å²) in [6.07, 6.45) is -0.212. The summed E-state index contributed by atoms with van der Waals surface area (Å²) in [5.74, 6) is -1.53. The number of imide groups is 1. The van der Waals surface area contributed by atoms with Crippen LogP contribution in [0.15, 0.2) is 30.3 Å². The van der Waals surface area contributed by atoms with Gasteiger partial charge in [0, 0.05) is 12.2 Å². The minimum atomic E-state index is -1.17. The number of amides is 4. The number of nitrogens with zero attached hydrogens (tertiary/aromatic N) is 1. The van der Waals surface area contributed by atoms with Gasteiger partial charge in [0.1, 0.15) is 10.9 Å². The van der Waals surface area contributed by atoms with Crippen molar-refractivity contribution in [2.45, 2.75) is 43.7 Å². The maximum atomic E-state index is 12.9. The highest BCUT2D eigenvalue weighted by molar-refractivity contribution is 8.00. The van der Waals surface area contributed by atoms with Crippen LogP contribution in [0, 0.1) is 5.92 Å². The molecule has 1 aromatic rings. The van der Waals surface area contributed by atoms with E-state index in [1.54, 1.807) is 18.7 Å². The number of benzene rings is 1. The lowest BCUT2D eigenvalue weighted by molar-refractivity contribution is -0.164. The van der Waals surface area contributed by atoms with Crippen LogP contribution < -0.4 is 11.1 Å². The number of hydrogen-bond donors (Lipinski definition) is 2. The molecule has 8 nitrogen and oxygen atoms in total. The molecule has 28 heavy (non-hydrogen) atoms. The zero-order valence-electron chi connectivity index (χ0n) is 15.7. The van der Waals surface area contributed by atoms with Crippen molar-refractivity contribution in [3.05, 3.63) is 35.9 Å². The number of hydrogen-bond acceptors (Lipinski definition) is 6. The summed E-state index contributed by atoms with van der Waals surface area (Å²) in [6, 6.07) is 7.80. The molecule has 0 aliphatic carbocycles. The van der Waals surface area contributed by atoms with E-state index in [4.69, 9.17) is 10.5 Å². The highest BCUT2D eigenvalue weighted by Crippen LogP contribution is 2.54. The second-order valence-electron chi connectivity index (χ2n) is 7.20. The summed E-state index contributed by atoms with van der Waals surface area (Å²) >= 11 is 1.54. The highest BCUT2D eigenvalue weighted by Gasteiger charge is 2.57. The van der Waals surface area contributed by atoms with Crippen molar-refractivity contribution in [1.82, 2.24) is 10.2 Å². The van der Waals surface area contributed by atoms with Gasteiger partial charge >= 0.3 is 12.0 Å². The molecule has 150 valence electrons. The summed E-state index contributed by atoms with van der Waals surface area (Å²) in [6.45, 7) is 3.38. The quantitative estimate of drug-likeness (QED) is 0.714. The lowest BCUT2D eigenvalue weighted by atomic mass is 10.0. The molecular weight excluding hydrogens is 382 g/mol. The van der Waals surface area contributed by atoms with Gasteiger partial charge < -0.3 is 15.4 Å². The minimum absolute atomic E-state index is 0.113. The lowest BCUT2D eigenvalue weighted by Crippen LogP contribution is -2.50. The Bertz CT molecular complexity index is 800. The third-order valence-corrected chi connectivity index (χ3v) is 6.57. The van der Waals surface area contributed by atoms with Crippen LogP contribution in [0.4, 0.5) is 4.79 Å². The number of carbonyl (C=O) groups excluding carboxylic acids is 4. The van der Waals surface area contributed by atoms with Crippen molar-refractivity contribution in [3.8, 4) is 0 Å². The molecule has 3 atom stereocenters. The predicted octanol–water partition coefficient (Wildman–Crippen LogP) is 1.34. The first kappa shape index (κ1) is 20.2. The van der Waals surface area contributed by atoms with Crippen molar-refractivity contribution >= 4 is 35.6 Å². The van der Waals surface area contributed by atoms with Gasteiger partial charge in [0.25, 0.3) is 5.91 Å². The molecule has 2 aliphatic heterocycles. The summed E-state index contributed by atoms with van der Waals surface area (Å²) in [5, 5.41) is 1.95. The van der Waals surface area contributed by atoms with Crippen LogP contribution in [0.2, 0.25) is 0 Å². The highest BCUT2D eigenvalue weighted by atomic mass is 32.2. The molecule has 9 heteroatoms. The Kier molecular flexibility index (Phi) is 5.64. The number of esters is 1. The maximum Gasteiger partial charge on any atom is 0.330 e. The molecule has 0 bridgehead atoms. The number of rotatable bonds is 5. The maximum absolute atomic E-state index is 12.9. The van der Waals surface area contributed by atoms with Crippen molar-refractivity contribution in [2.24, 2.45) is 11.7 Å². The predicted molar refractivity (Wildman–Crippen MR) is 103 cm³/mol. The molecule has 3 rings (SSSR count). The summed E-state index contributed by atoms with van der Waals surface area (Å²) in [7, 11) is 0. The molecule has 2 fully saturated rings. The van der Waals surface area contributed by atoms with Gasteiger partial charge in [0.05, 0.1) is 0 Å². The Hall–Kier alpha value is -2.55. The van der Waals surface area contributed by atoms with Gasteiger partial charge in [-0.3, -0.25) is 14.9 Å². The number of nitrogens with two attached hydrogens (primary N) is 1. The van der Waals surface area contributed by atoms with Gasteiger partial charge in [-0.25, -0.2) is 9.59 Å². The van der Waals surface area contributed by atoms with Gasteiger partial charge in [-0.15, -0.1) is 11.8 Å². The third kappa shape index (κ3) is 3.58. The zero-order chi connectivity index (χ0) is 20.5. The molecule has 1 aromatic carbocycles. The van der Waals surface area contributed by atoms with Gasteiger partial charge in [-0.2, -0.15) is 0 Å². The second kappa shape index (κ2) is 7.83. The zero-order valence-corrected chi connectivity index (χ0v) is 16.5. The molecule has 0 spiro atoms. The van der Waals surface area contributed by atoms with Crippen LogP contribution in [0.1, 0.15) is 32.3 Å². The number of urea groups is 1. The summed E-state index contributed by atoms with van der Waals surface area (Å²) in [4.78, 5) is 49.6. The molecule has 4 amide bonds. The minimum Gasteiger partial charge on any atom is -0.450 e. The fourth-order valence-corrected chi connectivity index (χ4v) is 5.34. The van der Waals surface area contributed by atoms with Gasteiger partial charge in [0.2, 0.25) is 5.91 Å². The monoisotopic (exact) mass is 405 g/mol. The van der Waals surface area contributed by atoms with Crippen LogP contribution in [-0.4, -0.2) is 46.6 Å². The number of primary amides is 1. The topological polar surface area (TPSA) is 119 Å². The number of fused-ring (bicyclic) bond motifs is 1. The molecule has 0 unspecified atom stereocenters. The molecule has 0 radical (unpaired) electrons. The molecule has 2 heterocycles. The number of carbonyl (C=O) groups is 4. The Morgan fingerprint density at radius 2 is 1.96 bits per heavy atom. The Morgan fingerprint density at radius 1 is 1.29 bits per heavy atom. The first-order chi connectivity index (χ1) is 13.3. The molecule has 0 saturated carbocycles. The second-order valence-corrected chi connectivity index (χ2v) is 8.49. The molecule has 2 aliphatic rings. The van der Waals surface area contributed by atoms with E-state index in [9.17, 15) is 19.2 Å². The van der Waals surface area contributed by atoms with E-state index >= 15 is 0 Å². The van der Waals surface area contributed by atoms with Crippen LogP contribution in [-0.2, 0) is 24.0 Å².